The molecule has 104 valence electrons. The summed E-state index contributed by atoms with van der Waals surface area (Å²) >= 11 is 0. The first-order valence-corrected chi connectivity index (χ1v) is 6.23. The highest BCUT2D eigenvalue weighted by Gasteiger charge is 2.26. The molecule has 0 fully saturated rings. The fourth-order valence-electron chi connectivity index (χ4n) is 1.38. The molecule has 0 aliphatic heterocycles. The van der Waals surface area contributed by atoms with E-state index in [1.54, 1.807) is 13.8 Å². The Morgan fingerprint density at radius 3 is 1.78 bits per heavy atom. The molecule has 0 saturated heterocycles. The molecule has 0 spiro atoms. The molecule has 0 aromatic rings. The van der Waals surface area contributed by atoms with Gasteiger partial charge in [-0.25, -0.2) is 9.59 Å². The Morgan fingerprint density at radius 1 is 0.944 bits per heavy atom. The molecule has 0 aliphatic rings. The van der Waals surface area contributed by atoms with E-state index in [1.807, 2.05) is 6.92 Å². The van der Waals surface area contributed by atoms with E-state index in [1.165, 1.54) is 7.11 Å². The van der Waals surface area contributed by atoms with Crippen molar-refractivity contribution >= 4 is 11.9 Å². The van der Waals surface area contributed by atoms with Crippen molar-refractivity contribution in [3.05, 3.63) is 11.3 Å². The molecule has 0 heterocycles. The van der Waals surface area contributed by atoms with Crippen LogP contribution in [0.4, 0.5) is 0 Å². The molecule has 0 amide bonds. The average Bonchev–Trinajstić information content (AvgIpc) is 2.34. The van der Waals surface area contributed by atoms with E-state index in [9.17, 15) is 9.59 Å². The van der Waals surface area contributed by atoms with E-state index in [4.69, 9.17) is 14.2 Å². The molecule has 0 unspecified atom stereocenters. The van der Waals surface area contributed by atoms with Crippen LogP contribution in [0.25, 0.3) is 0 Å². The lowest BCUT2D eigenvalue weighted by molar-refractivity contribution is -0.147. The number of ether oxygens (including phenoxy) is 3. The minimum atomic E-state index is -0.691. The highest BCUT2D eigenvalue weighted by molar-refractivity contribution is 6.14. The van der Waals surface area contributed by atoms with Crippen LogP contribution in [0, 0.1) is 0 Å². The van der Waals surface area contributed by atoms with Crippen molar-refractivity contribution in [2.45, 2.75) is 40.0 Å². The van der Waals surface area contributed by atoms with Gasteiger partial charge in [-0.15, -0.1) is 0 Å². The number of esters is 2. The number of unbranched alkanes of at least 4 members (excludes halogenated alkanes) is 1. The summed E-state index contributed by atoms with van der Waals surface area (Å²) in [5.74, 6) is -1.05. The Kier molecular flexibility index (Phi) is 8.70. The summed E-state index contributed by atoms with van der Waals surface area (Å²) in [5.41, 5.74) is -0.130. The van der Waals surface area contributed by atoms with Crippen LogP contribution in [0.3, 0.4) is 0 Å². The van der Waals surface area contributed by atoms with Crippen LogP contribution in [0.1, 0.15) is 40.0 Å². The summed E-state index contributed by atoms with van der Waals surface area (Å²) in [7, 11) is 1.43. The minimum Gasteiger partial charge on any atom is -0.500 e. The highest BCUT2D eigenvalue weighted by atomic mass is 16.6. The smallest absolute Gasteiger partial charge is 0.349 e. The molecule has 0 saturated carbocycles. The van der Waals surface area contributed by atoms with Crippen LogP contribution in [0.2, 0.25) is 0 Å². The fourth-order valence-corrected chi connectivity index (χ4v) is 1.38. The van der Waals surface area contributed by atoms with Crippen LogP contribution in [-0.2, 0) is 23.8 Å². The third-order valence-corrected chi connectivity index (χ3v) is 2.24. The second-order valence-corrected chi connectivity index (χ2v) is 3.55. The van der Waals surface area contributed by atoms with Gasteiger partial charge in [0.25, 0.3) is 0 Å². The van der Waals surface area contributed by atoms with E-state index in [-0.39, 0.29) is 18.8 Å². The second-order valence-electron chi connectivity index (χ2n) is 3.55. The maximum Gasteiger partial charge on any atom is 0.349 e. The molecular weight excluding hydrogens is 236 g/mol. The summed E-state index contributed by atoms with van der Waals surface area (Å²) < 4.78 is 14.8. The molecule has 0 aromatic heterocycles. The van der Waals surface area contributed by atoms with Crippen LogP contribution >= 0.6 is 0 Å². The Balaban J connectivity index is 5.17. The molecule has 0 atom stereocenters. The van der Waals surface area contributed by atoms with E-state index in [0.29, 0.717) is 12.2 Å². The van der Waals surface area contributed by atoms with E-state index in [2.05, 4.69) is 0 Å². The lowest BCUT2D eigenvalue weighted by atomic mass is 10.1. The number of hydrogen-bond donors (Lipinski definition) is 0. The maximum atomic E-state index is 11.8. The first kappa shape index (κ1) is 16.5. The third-order valence-electron chi connectivity index (χ3n) is 2.24. The Hall–Kier alpha value is -1.52. The first-order chi connectivity index (χ1) is 8.62. The second kappa shape index (κ2) is 9.50. The zero-order chi connectivity index (χ0) is 14.0. The molecule has 0 rings (SSSR count). The number of hydrogen-bond acceptors (Lipinski definition) is 5. The van der Waals surface area contributed by atoms with Crippen LogP contribution < -0.4 is 0 Å². The monoisotopic (exact) mass is 258 g/mol. The van der Waals surface area contributed by atoms with Crippen molar-refractivity contribution in [2.24, 2.45) is 0 Å². The molecule has 5 nitrogen and oxygen atoms in total. The first-order valence-electron chi connectivity index (χ1n) is 6.23. The van der Waals surface area contributed by atoms with Crippen molar-refractivity contribution < 1.29 is 23.8 Å². The third kappa shape index (κ3) is 5.21. The number of allylic oxidation sites excluding steroid dienone is 1. The largest absolute Gasteiger partial charge is 0.500 e. The molecule has 0 aromatic carbocycles. The van der Waals surface area contributed by atoms with Crippen molar-refractivity contribution in [3.8, 4) is 0 Å². The van der Waals surface area contributed by atoms with Crippen molar-refractivity contribution in [3.63, 3.8) is 0 Å². The molecule has 0 radical (unpaired) electrons. The number of carbonyl (C=O) groups excluding carboxylic acids is 2. The van der Waals surface area contributed by atoms with Crippen molar-refractivity contribution in [2.75, 3.05) is 20.3 Å². The van der Waals surface area contributed by atoms with Gasteiger partial charge in [-0.05, 0) is 20.3 Å². The Morgan fingerprint density at radius 2 is 1.44 bits per heavy atom. The molecule has 18 heavy (non-hydrogen) atoms. The van der Waals surface area contributed by atoms with Crippen molar-refractivity contribution in [1.82, 2.24) is 0 Å². The maximum absolute atomic E-state index is 11.8. The van der Waals surface area contributed by atoms with Crippen molar-refractivity contribution in [1.29, 1.82) is 0 Å². The number of rotatable bonds is 8. The predicted octanol–water partition coefficient (Wildman–Crippen LogP) is 2.20. The number of carbonyl (C=O) groups is 2. The topological polar surface area (TPSA) is 61.8 Å². The molecule has 5 heteroatoms. The molecular formula is C13H22O5. The predicted molar refractivity (Wildman–Crippen MR) is 66.8 cm³/mol. The molecule has 0 aliphatic carbocycles. The van der Waals surface area contributed by atoms with Crippen LogP contribution in [0.15, 0.2) is 11.3 Å². The normalized spacial score (nSPS) is 9.56. The molecule has 0 N–H and O–H groups in total. The SMILES string of the molecule is CCCCC(OC)=C(C(=O)OCC)C(=O)OCC. The van der Waals surface area contributed by atoms with Gasteiger partial charge in [0.05, 0.1) is 20.3 Å². The Bertz CT molecular complexity index is 287. The zero-order valence-electron chi connectivity index (χ0n) is 11.6. The quantitative estimate of drug-likeness (QED) is 0.219. The Labute approximate surface area is 108 Å². The van der Waals surface area contributed by atoms with Crippen LogP contribution in [-0.4, -0.2) is 32.3 Å². The lowest BCUT2D eigenvalue weighted by Crippen LogP contribution is -2.21. The van der Waals surface area contributed by atoms with Gasteiger partial charge in [0.2, 0.25) is 0 Å². The van der Waals surface area contributed by atoms with Gasteiger partial charge < -0.3 is 14.2 Å². The average molecular weight is 258 g/mol. The van der Waals surface area contributed by atoms with Gasteiger partial charge in [-0.1, -0.05) is 13.3 Å². The van der Waals surface area contributed by atoms with E-state index in [0.717, 1.165) is 12.8 Å². The summed E-state index contributed by atoms with van der Waals surface area (Å²) in [4.78, 5) is 23.5. The van der Waals surface area contributed by atoms with Crippen LogP contribution in [0.5, 0.6) is 0 Å². The van der Waals surface area contributed by atoms with Gasteiger partial charge in [-0.3, -0.25) is 0 Å². The molecule has 0 bridgehead atoms. The lowest BCUT2D eigenvalue weighted by Gasteiger charge is -2.12. The number of methoxy groups -OCH3 is 1. The summed E-state index contributed by atoms with van der Waals surface area (Å²) in [6.45, 7) is 5.78. The zero-order valence-corrected chi connectivity index (χ0v) is 11.6. The standard InChI is InChI=1S/C13H22O5/c1-5-8-9-10(16-4)11(12(14)17-6-2)13(15)18-7-3/h5-9H2,1-4H3. The van der Waals surface area contributed by atoms with Gasteiger partial charge in [0.15, 0.2) is 5.57 Å². The highest BCUT2D eigenvalue weighted by Crippen LogP contribution is 2.16. The summed E-state index contributed by atoms with van der Waals surface area (Å²) in [6.07, 6.45) is 2.28. The van der Waals surface area contributed by atoms with Gasteiger partial charge >= 0.3 is 11.9 Å². The summed E-state index contributed by atoms with van der Waals surface area (Å²) in [5, 5.41) is 0. The van der Waals surface area contributed by atoms with E-state index >= 15 is 0 Å². The minimum absolute atomic E-state index is 0.130. The van der Waals surface area contributed by atoms with Gasteiger partial charge in [0, 0.05) is 6.42 Å². The summed E-state index contributed by atoms with van der Waals surface area (Å²) in [6, 6.07) is 0. The van der Waals surface area contributed by atoms with Gasteiger partial charge in [0.1, 0.15) is 5.76 Å². The van der Waals surface area contributed by atoms with Gasteiger partial charge in [-0.2, -0.15) is 0 Å². The fraction of sp³-hybridized carbons (Fsp3) is 0.692. The van der Waals surface area contributed by atoms with E-state index < -0.39 is 11.9 Å².